The number of carbonyl (C=O) groups is 2. The summed E-state index contributed by atoms with van der Waals surface area (Å²) in [5, 5.41) is 0. The molecule has 2 amide bonds. The lowest BCUT2D eigenvalue weighted by atomic mass is 10.1. The number of nitrogens with zero attached hydrogens (tertiary/aromatic N) is 4. The molecule has 1 aromatic rings. The number of allylic oxidation sites excluding steroid dienone is 2. The standard InChI is InChI=1S/C19H20N4O4S/c24-18(15-5-2-1-3-6-15)22-9-11-23(12-10-22)19(25)16-7-4-8-21-13-14-28(26,27)20-17(16)21/h1-8H,9-14H2. The van der Waals surface area contributed by atoms with Gasteiger partial charge in [0.2, 0.25) is 0 Å². The second-order valence-electron chi connectivity index (χ2n) is 6.77. The van der Waals surface area contributed by atoms with E-state index in [9.17, 15) is 18.0 Å². The van der Waals surface area contributed by atoms with E-state index in [0.717, 1.165) is 0 Å². The Morgan fingerprint density at radius 2 is 1.54 bits per heavy atom. The Morgan fingerprint density at radius 3 is 2.21 bits per heavy atom. The van der Waals surface area contributed by atoms with Gasteiger partial charge in [0.25, 0.3) is 21.8 Å². The minimum atomic E-state index is -3.55. The van der Waals surface area contributed by atoms with Gasteiger partial charge in [0, 0.05) is 44.5 Å². The van der Waals surface area contributed by atoms with Crippen molar-refractivity contribution >= 4 is 27.7 Å². The van der Waals surface area contributed by atoms with Gasteiger partial charge < -0.3 is 14.7 Å². The highest BCUT2D eigenvalue weighted by Crippen LogP contribution is 2.20. The molecule has 9 heteroatoms. The molecular formula is C19H20N4O4S. The second-order valence-corrected chi connectivity index (χ2v) is 8.52. The lowest BCUT2D eigenvalue weighted by molar-refractivity contribution is -0.128. The van der Waals surface area contributed by atoms with E-state index in [4.69, 9.17) is 0 Å². The Hall–Kier alpha value is -2.94. The second kappa shape index (κ2) is 7.23. The van der Waals surface area contributed by atoms with Crippen LogP contribution in [0.4, 0.5) is 0 Å². The van der Waals surface area contributed by atoms with Crippen LogP contribution in [0.25, 0.3) is 0 Å². The van der Waals surface area contributed by atoms with Gasteiger partial charge in [0.05, 0.1) is 11.3 Å². The predicted octanol–water partition coefficient (Wildman–Crippen LogP) is 0.469. The van der Waals surface area contributed by atoms with E-state index in [1.807, 2.05) is 18.2 Å². The lowest BCUT2D eigenvalue weighted by Gasteiger charge is -2.36. The molecule has 1 aromatic carbocycles. The molecule has 0 aromatic heterocycles. The summed E-state index contributed by atoms with van der Waals surface area (Å²) < 4.78 is 27.5. The van der Waals surface area contributed by atoms with Crippen LogP contribution >= 0.6 is 0 Å². The quantitative estimate of drug-likeness (QED) is 0.720. The molecule has 0 spiro atoms. The van der Waals surface area contributed by atoms with Crippen LogP contribution in [0.1, 0.15) is 10.4 Å². The SMILES string of the molecule is O=C(C1=CC=CN2CCS(=O)(=O)N=C12)N1CCN(C(=O)c2ccccc2)CC1. The normalized spacial score (nSPS) is 20.9. The molecule has 8 nitrogen and oxygen atoms in total. The number of hydrogen-bond acceptors (Lipinski definition) is 5. The van der Waals surface area contributed by atoms with Gasteiger partial charge in [-0.3, -0.25) is 9.59 Å². The van der Waals surface area contributed by atoms with Gasteiger partial charge in [-0.25, -0.2) is 8.42 Å². The van der Waals surface area contributed by atoms with Crippen molar-refractivity contribution in [2.24, 2.45) is 4.40 Å². The summed E-state index contributed by atoms with van der Waals surface area (Å²) in [4.78, 5) is 30.6. The van der Waals surface area contributed by atoms with Crippen molar-refractivity contribution in [2.45, 2.75) is 0 Å². The first-order chi connectivity index (χ1) is 13.4. The number of amides is 2. The van der Waals surface area contributed by atoms with Crippen LogP contribution in [0.2, 0.25) is 0 Å². The average Bonchev–Trinajstić information content (AvgIpc) is 2.72. The van der Waals surface area contributed by atoms with Gasteiger partial charge in [-0.05, 0) is 24.3 Å². The van der Waals surface area contributed by atoms with Crippen LogP contribution in [0, 0.1) is 0 Å². The number of fused-ring (bicyclic) bond motifs is 1. The van der Waals surface area contributed by atoms with Gasteiger partial charge >= 0.3 is 0 Å². The van der Waals surface area contributed by atoms with Gasteiger partial charge in [-0.2, -0.15) is 0 Å². The molecule has 4 rings (SSSR count). The van der Waals surface area contributed by atoms with Crippen LogP contribution in [0.5, 0.6) is 0 Å². The van der Waals surface area contributed by atoms with E-state index < -0.39 is 10.0 Å². The zero-order chi connectivity index (χ0) is 19.7. The van der Waals surface area contributed by atoms with Crippen molar-refractivity contribution in [1.82, 2.24) is 14.7 Å². The molecule has 0 N–H and O–H groups in total. The van der Waals surface area contributed by atoms with Crippen LogP contribution in [-0.4, -0.2) is 79.2 Å². The first-order valence-corrected chi connectivity index (χ1v) is 10.7. The fourth-order valence-electron chi connectivity index (χ4n) is 3.43. The Morgan fingerprint density at radius 1 is 0.893 bits per heavy atom. The lowest BCUT2D eigenvalue weighted by Crippen LogP contribution is -2.52. The Bertz CT molecular complexity index is 990. The number of amidine groups is 1. The van der Waals surface area contributed by atoms with E-state index in [2.05, 4.69) is 4.40 Å². The molecule has 146 valence electrons. The highest BCUT2D eigenvalue weighted by molar-refractivity contribution is 7.90. The van der Waals surface area contributed by atoms with E-state index in [-0.39, 0.29) is 35.5 Å². The van der Waals surface area contributed by atoms with Crippen molar-refractivity contribution in [1.29, 1.82) is 0 Å². The molecule has 0 radical (unpaired) electrons. The first-order valence-electron chi connectivity index (χ1n) is 9.06. The summed E-state index contributed by atoms with van der Waals surface area (Å²) in [6.07, 6.45) is 5.04. The van der Waals surface area contributed by atoms with Crippen molar-refractivity contribution < 1.29 is 18.0 Å². The average molecular weight is 400 g/mol. The van der Waals surface area contributed by atoms with Gasteiger partial charge in [0.15, 0.2) is 5.84 Å². The fourth-order valence-corrected chi connectivity index (χ4v) is 4.41. The van der Waals surface area contributed by atoms with Crippen molar-refractivity contribution in [3.63, 3.8) is 0 Å². The summed E-state index contributed by atoms with van der Waals surface area (Å²) in [5.41, 5.74) is 0.897. The summed E-state index contributed by atoms with van der Waals surface area (Å²) in [6, 6.07) is 9.04. The third kappa shape index (κ3) is 3.57. The van der Waals surface area contributed by atoms with Crippen molar-refractivity contribution in [2.75, 3.05) is 38.5 Å². The smallest absolute Gasteiger partial charge is 0.257 e. The van der Waals surface area contributed by atoms with Crippen LogP contribution in [-0.2, 0) is 14.8 Å². The van der Waals surface area contributed by atoms with Gasteiger partial charge in [0.1, 0.15) is 0 Å². The van der Waals surface area contributed by atoms with Crippen LogP contribution < -0.4 is 0 Å². The maximum absolute atomic E-state index is 13.0. The number of hydrogen-bond donors (Lipinski definition) is 0. The topological polar surface area (TPSA) is 90.4 Å². The van der Waals surface area contributed by atoms with E-state index in [0.29, 0.717) is 31.7 Å². The summed E-state index contributed by atoms with van der Waals surface area (Å²) in [5.74, 6) is -0.206. The summed E-state index contributed by atoms with van der Waals surface area (Å²) in [6.45, 7) is 1.91. The fraction of sp³-hybridized carbons (Fsp3) is 0.316. The molecule has 3 aliphatic heterocycles. The molecule has 1 fully saturated rings. The number of sulfonamides is 1. The number of rotatable bonds is 2. The zero-order valence-electron chi connectivity index (χ0n) is 15.2. The molecule has 3 heterocycles. The minimum Gasteiger partial charge on any atom is -0.335 e. The molecular weight excluding hydrogens is 380 g/mol. The maximum Gasteiger partial charge on any atom is 0.257 e. The Labute approximate surface area is 163 Å². The van der Waals surface area contributed by atoms with Crippen LogP contribution in [0.15, 0.2) is 58.7 Å². The molecule has 0 bridgehead atoms. The molecule has 1 saturated heterocycles. The van der Waals surface area contributed by atoms with E-state index in [1.165, 1.54) is 0 Å². The zero-order valence-corrected chi connectivity index (χ0v) is 16.0. The molecule has 0 atom stereocenters. The Balaban J connectivity index is 1.46. The summed E-state index contributed by atoms with van der Waals surface area (Å²) >= 11 is 0. The number of benzene rings is 1. The number of carbonyl (C=O) groups excluding carboxylic acids is 2. The molecule has 0 aliphatic carbocycles. The van der Waals surface area contributed by atoms with Crippen molar-refractivity contribution in [3.8, 4) is 0 Å². The van der Waals surface area contributed by atoms with E-state index >= 15 is 0 Å². The highest BCUT2D eigenvalue weighted by Gasteiger charge is 2.33. The van der Waals surface area contributed by atoms with Crippen molar-refractivity contribution in [3.05, 3.63) is 59.8 Å². The third-order valence-electron chi connectivity index (χ3n) is 4.96. The maximum atomic E-state index is 13.0. The minimum absolute atomic E-state index is 0.0542. The molecule has 3 aliphatic rings. The largest absolute Gasteiger partial charge is 0.335 e. The summed E-state index contributed by atoms with van der Waals surface area (Å²) in [7, 11) is -3.55. The number of piperazine rings is 1. The Kier molecular flexibility index (Phi) is 4.76. The monoisotopic (exact) mass is 400 g/mol. The third-order valence-corrected chi connectivity index (χ3v) is 6.11. The first kappa shape index (κ1) is 18.4. The molecule has 28 heavy (non-hydrogen) atoms. The van der Waals surface area contributed by atoms with Crippen LogP contribution in [0.3, 0.4) is 0 Å². The van der Waals surface area contributed by atoms with Gasteiger partial charge in [-0.15, -0.1) is 4.40 Å². The highest BCUT2D eigenvalue weighted by atomic mass is 32.2. The molecule has 0 saturated carbocycles. The van der Waals surface area contributed by atoms with E-state index in [1.54, 1.807) is 45.2 Å². The predicted molar refractivity (Wildman–Crippen MR) is 104 cm³/mol. The molecule has 0 unspecified atom stereocenters. The van der Waals surface area contributed by atoms with Gasteiger partial charge in [-0.1, -0.05) is 18.2 Å².